The molecule has 3 aromatic heterocycles. The van der Waals surface area contributed by atoms with E-state index in [0.717, 1.165) is 24.8 Å². The number of alkyl halides is 3. The monoisotopic (exact) mass is 483 g/mol. The van der Waals surface area contributed by atoms with E-state index in [2.05, 4.69) is 30.4 Å². The van der Waals surface area contributed by atoms with Gasteiger partial charge < -0.3 is 14.6 Å². The summed E-state index contributed by atoms with van der Waals surface area (Å²) in [5, 5.41) is 20.6. The summed E-state index contributed by atoms with van der Waals surface area (Å²) >= 11 is 0. The van der Waals surface area contributed by atoms with E-state index >= 15 is 0 Å². The lowest BCUT2D eigenvalue weighted by atomic mass is 9.97. The maximum Gasteiger partial charge on any atom is 0.491 e. The second-order valence-corrected chi connectivity index (χ2v) is 9.00. The van der Waals surface area contributed by atoms with Gasteiger partial charge in [-0.05, 0) is 56.5 Å². The average Bonchev–Trinajstić information content (AvgIpc) is 3.24. The van der Waals surface area contributed by atoms with Crippen molar-refractivity contribution >= 4 is 17.0 Å². The number of aromatic nitrogens is 6. The van der Waals surface area contributed by atoms with Crippen LogP contribution in [-0.2, 0) is 4.79 Å². The van der Waals surface area contributed by atoms with Crippen molar-refractivity contribution in [1.29, 1.82) is 0 Å². The van der Waals surface area contributed by atoms with Gasteiger partial charge in [0.2, 0.25) is 0 Å². The number of benzene rings is 1. The van der Waals surface area contributed by atoms with Crippen molar-refractivity contribution in [2.24, 2.45) is 0 Å². The maximum absolute atomic E-state index is 13.0. The normalized spacial score (nSPS) is 19.2. The molecule has 1 N–H and O–H groups in total. The van der Waals surface area contributed by atoms with Gasteiger partial charge in [-0.25, -0.2) is 9.48 Å². The average molecular weight is 483 g/mol. The molecule has 0 amide bonds. The quantitative estimate of drug-likeness (QED) is 0.350. The van der Waals surface area contributed by atoms with E-state index in [1.807, 2.05) is 12.3 Å². The molecular formula is C23H20F3N7O2. The first-order valence-electron chi connectivity index (χ1n) is 11.2. The van der Waals surface area contributed by atoms with Gasteiger partial charge in [0, 0.05) is 34.8 Å². The maximum atomic E-state index is 13.0. The number of nitrogens with zero attached hydrogens (tertiary/aromatic N) is 6. The van der Waals surface area contributed by atoms with E-state index in [0.29, 0.717) is 17.4 Å². The topological polar surface area (TPSA) is 99.8 Å². The fraction of sp³-hybridized carbons (Fsp3) is 0.348. The summed E-state index contributed by atoms with van der Waals surface area (Å²) in [6.45, 7) is 0.946. The highest BCUT2D eigenvalue weighted by Gasteiger charge is 2.46. The first-order chi connectivity index (χ1) is 16.8. The zero-order chi connectivity index (χ0) is 24.2. The van der Waals surface area contributed by atoms with Crippen LogP contribution in [0.5, 0.6) is 5.75 Å². The number of hydrogen-bond acceptors (Lipinski definition) is 7. The summed E-state index contributed by atoms with van der Waals surface area (Å²) in [4.78, 5) is 11.6. The molecule has 2 fully saturated rings. The minimum Gasteiger partial charge on any atom is -0.419 e. The molecule has 0 bridgehead atoms. The van der Waals surface area contributed by atoms with Crippen molar-refractivity contribution < 1.29 is 22.7 Å². The molecule has 1 aromatic carbocycles. The second-order valence-electron chi connectivity index (χ2n) is 9.00. The minimum atomic E-state index is -5.15. The summed E-state index contributed by atoms with van der Waals surface area (Å²) in [5.74, 6) is -2.63. The Kier molecular flexibility index (Phi) is 4.88. The molecule has 0 radical (unpaired) electrons. The van der Waals surface area contributed by atoms with Crippen molar-refractivity contribution in [2.75, 3.05) is 6.54 Å². The summed E-state index contributed by atoms with van der Waals surface area (Å²) < 4.78 is 47.1. The molecular weight excluding hydrogens is 463 g/mol. The largest absolute Gasteiger partial charge is 0.491 e. The summed E-state index contributed by atoms with van der Waals surface area (Å²) in [5.41, 5.74) is 1.82. The van der Waals surface area contributed by atoms with E-state index in [-0.39, 0.29) is 22.5 Å². The van der Waals surface area contributed by atoms with Crippen LogP contribution in [-0.4, -0.2) is 54.0 Å². The first-order valence-corrected chi connectivity index (χ1v) is 11.2. The van der Waals surface area contributed by atoms with Crippen LogP contribution in [0.15, 0.2) is 48.9 Å². The lowest BCUT2D eigenvalue weighted by Gasteiger charge is -2.31. The van der Waals surface area contributed by atoms with Crippen LogP contribution in [0.4, 0.5) is 13.2 Å². The fourth-order valence-electron chi connectivity index (χ4n) is 4.73. The van der Waals surface area contributed by atoms with Crippen LogP contribution >= 0.6 is 0 Å². The van der Waals surface area contributed by atoms with Crippen LogP contribution in [0.1, 0.15) is 31.7 Å². The number of carbonyl (C=O) groups is 1. The van der Waals surface area contributed by atoms with Crippen molar-refractivity contribution in [3.8, 4) is 22.7 Å². The Balaban J connectivity index is 1.37. The van der Waals surface area contributed by atoms with E-state index in [4.69, 9.17) is 4.74 Å². The molecule has 4 aromatic rings. The Morgan fingerprint density at radius 2 is 2.00 bits per heavy atom. The van der Waals surface area contributed by atoms with Gasteiger partial charge in [0.1, 0.15) is 5.75 Å². The molecule has 12 heteroatoms. The number of rotatable bonds is 4. The molecule has 1 saturated heterocycles. The van der Waals surface area contributed by atoms with Crippen molar-refractivity contribution in [1.82, 2.24) is 35.1 Å². The molecule has 9 nitrogen and oxygen atoms in total. The smallest absolute Gasteiger partial charge is 0.419 e. The predicted octanol–water partition coefficient (Wildman–Crippen LogP) is 3.60. The van der Waals surface area contributed by atoms with Crippen LogP contribution in [0, 0.1) is 0 Å². The van der Waals surface area contributed by atoms with Crippen LogP contribution in [0.2, 0.25) is 0 Å². The highest BCUT2D eigenvalue weighted by Crippen LogP contribution is 2.46. The third kappa shape index (κ3) is 4.03. The van der Waals surface area contributed by atoms with Gasteiger partial charge in [0.25, 0.3) is 0 Å². The number of nitrogens with one attached hydrogen (secondary N) is 1. The molecule has 4 heterocycles. The van der Waals surface area contributed by atoms with Gasteiger partial charge in [-0.15, -0.1) is 15.3 Å². The van der Waals surface area contributed by atoms with Crippen molar-refractivity contribution in [3.63, 3.8) is 0 Å². The Labute approximate surface area is 196 Å². The second kappa shape index (κ2) is 7.87. The fourth-order valence-corrected chi connectivity index (χ4v) is 4.73. The predicted molar refractivity (Wildman–Crippen MR) is 118 cm³/mol. The highest BCUT2D eigenvalue weighted by atomic mass is 19.4. The molecule has 180 valence electrons. The molecule has 1 spiro atoms. The molecule has 2 aliphatic rings. The number of esters is 1. The molecule has 0 unspecified atom stereocenters. The zero-order valence-electron chi connectivity index (χ0n) is 18.4. The lowest BCUT2D eigenvalue weighted by Crippen LogP contribution is -2.40. The number of hydrogen-bond donors (Lipinski definition) is 1. The van der Waals surface area contributed by atoms with Crippen LogP contribution in [0.25, 0.3) is 28.0 Å². The number of carbonyl (C=O) groups excluding carboxylic acids is 1. The molecule has 1 atom stereocenters. The highest BCUT2D eigenvalue weighted by molar-refractivity contribution is 5.84. The third-order valence-corrected chi connectivity index (χ3v) is 6.68. The van der Waals surface area contributed by atoms with Gasteiger partial charge in [0.15, 0.2) is 5.65 Å². The Morgan fingerprint density at radius 3 is 2.74 bits per heavy atom. The third-order valence-electron chi connectivity index (χ3n) is 6.68. The Morgan fingerprint density at radius 1 is 1.14 bits per heavy atom. The summed E-state index contributed by atoms with van der Waals surface area (Å²) in [6.07, 6.45) is 4.15. The van der Waals surface area contributed by atoms with Gasteiger partial charge in [-0.3, -0.25) is 0 Å². The van der Waals surface area contributed by atoms with E-state index < -0.39 is 12.1 Å². The lowest BCUT2D eigenvalue weighted by molar-refractivity contribution is -0.189. The van der Waals surface area contributed by atoms with Gasteiger partial charge >= 0.3 is 12.1 Å². The SMILES string of the molecule is O=C(Oc1cc(-n2ccnn2)ccc1-c1cc2ccn([C@H]3CCNC4(CC4)C3)c2nn1)C(F)(F)F. The number of ether oxygens (including phenoxy) is 1. The van der Waals surface area contributed by atoms with Gasteiger partial charge in [-0.1, -0.05) is 5.21 Å². The number of piperidine rings is 1. The number of halogens is 3. The molecule has 1 aliphatic heterocycles. The standard InChI is InChI=1S/C23H20F3N7O2/c24-23(25,26)21(34)35-19-12-15(33-10-8-28-31-33)1-2-17(19)18-11-14-4-9-32(20(14)30-29-18)16-3-7-27-22(13-16)5-6-22/h1-2,4,8-12,16,27H,3,5-7,13H2/t16-/m0/s1. The molecule has 6 rings (SSSR count). The van der Waals surface area contributed by atoms with Crippen LogP contribution in [0.3, 0.4) is 0 Å². The zero-order valence-corrected chi connectivity index (χ0v) is 18.4. The minimum absolute atomic E-state index is 0.201. The van der Waals surface area contributed by atoms with Gasteiger partial charge in [0.05, 0.1) is 23.8 Å². The van der Waals surface area contributed by atoms with Crippen molar-refractivity contribution in [3.05, 3.63) is 48.9 Å². The first kappa shape index (κ1) is 21.7. The Hall–Kier alpha value is -3.80. The van der Waals surface area contributed by atoms with E-state index in [1.54, 1.807) is 12.1 Å². The molecule has 1 aliphatic carbocycles. The number of fused-ring (bicyclic) bond motifs is 1. The van der Waals surface area contributed by atoms with Crippen molar-refractivity contribution in [2.45, 2.75) is 43.4 Å². The van der Waals surface area contributed by atoms with Gasteiger partial charge in [-0.2, -0.15) is 13.2 Å². The Bertz CT molecular complexity index is 1410. The summed E-state index contributed by atoms with van der Waals surface area (Å²) in [6, 6.07) is 8.39. The van der Waals surface area contributed by atoms with E-state index in [9.17, 15) is 18.0 Å². The van der Waals surface area contributed by atoms with E-state index in [1.165, 1.54) is 42.0 Å². The molecule has 35 heavy (non-hydrogen) atoms. The summed E-state index contributed by atoms with van der Waals surface area (Å²) in [7, 11) is 0. The van der Waals surface area contributed by atoms with Crippen LogP contribution < -0.4 is 10.1 Å². The molecule has 1 saturated carbocycles.